The van der Waals surface area contributed by atoms with Gasteiger partial charge in [-0.1, -0.05) is 11.6 Å². The summed E-state index contributed by atoms with van der Waals surface area (Å²) in [4.78, 5) is 17.7. The summed E-state index contributed by atoms with van der Waals surface area (Å²) in [5.74, 6) is -1.37. The predicted octanol–water partition coefficient (Wildman–Crippen LogP) is 3.52. The normalized spacial score (nSPS) is 10.9. The first kappa shape index (κ1) is 12.7. The van der Waals surface area contributed by atoms with Gasteiger partial charge in [-0.05, 0) is 24.3 Å². The molecule has 0 bridgehead atoms. The molecule has 6 heteroatoms. The minimum absolute atomic E-state index is 0.173. The van der Waals surface area contributed by atoms with Crippen molar-refractivity contribution in [2.45, 2.75) is 0 Å². The minimum atomic E-state index is -0.712. The maximum Gasteiger partial charge on any atom is 0.266 e. The quantitative estimate of drug-likeness (QED) is 0.746. The van der Waals surface area contributed by atoms with Gasteiger partial charge in [-0.25, -0.2) is 13.8 Å². The first-order valence-electron chi connectivity index (χ1n) is 5.68. The molecule has 0 unspecified atom stereocenters. The van der Waals surface area contributed by atoms with Gasteiger partial charge in [0.05, 0.1) is 22.3 Å². The SMILES string of the molecule is O=c1cnc2cc(-c3ccc(F)cc3F)c(Cl)cc2[nH]1. The van der Waals surface area contributed by atoms with Crippen molar-refractivity contribution in [3.8, 4) is 11.1 Å². The number of hydrogen-bond acceptors (Lipinski definition) is 2. The smallest absolute Gasteiger partial charge is 0.266 e. The lowest BCUT2D eigenvalue weighted by molar-refractivity contribution is 0.585. The number of fused-ring (bicyclic) bond motifs is 1. The average molecular weight is 293 g/mol. The van der Waals surface area contributed by atoms with Gasteiger partial charge in [-0.2, -0.15) is 0 Å². The molecular formula is C14H7ClF2N2O. The van der Waals surface area contributed by atoms with Crippen LogP contribution >= 0.6 is 11.6 Å². The number of halogens is 3. The summed E-state index contributed by atoms with van der Waals surface area (Å²) in [5.41, 5.74) is 1.12. The second kappa shape index (κ2) is 4.68. The molecule has 0 aliphatic carbocycles. The molecule has 0 spiro atoms. The molecule has 1 N–H and O–H groups in total. The zero-order valence-corrected chi connectivity index (χ0v) is 10.7. The van der Waals surface area contributed by atoms with Crippen molar-refractivity contribution < 1.29 is 8.78 Å². The number of hydrogen-bond donors (Lipinski definition) is 1. The molecule has 1 aromatic heterocycles. The van der Waals surface area contributed by atoms with Crippen LogP contribution in [0.2, 0.25) is 5.02 Å². The van der Waals surface area contributed by atoms with E-state index in [0.717, 1.165) is 18.3 Å². The van der Waals surface area contributed by atoms with Crippen LogP contribution < -0.4 is 5.56 Å². The van der Waals surface area contributed by atoms with Gasteiger partial charge in [0, 0.05) is 17.2 Å². The third kappa shape index (κ3) is 2.16. The van der Waals surface area contributed by atoms with Crippen molar-refractivity contribution in [2.24, 2.45) is 0 Å². The molecule has 100 valence electrons. The number of aromatic amines is 1. The summed E-state index contributed by atoms with van der Waals surface area (Å²) in [6, 6.07) is 6.28. The van der Waals surface area contributed by atoms with E-state index in [9.17, 15) is 13.6 Å². The van der Waals surface area contributed by atoms with E-state index in [1.165, 1.54) is 12.1 Å². The van der Waals surface area contributed by atoms with Crippen molar-refractivity contribution >= 4 is 22.6 Å². The van der Waals surface area contributed by atoms with Gasteiger partial charge in [0.2, 0.25) is 0 Å². The van der Waals surface area contributed by atoms with Gasteiger partial charge in [0.15, 0.2) is 0 Å². The van der Waals surface area contributed by atoms with Crippen LogP contribution in [0.5, 0.6) is 0 Å². The Labute approximate surface area is 116 Å². The summed E-state index contributed by atoms with van der Waals surface area (Å²) in [7, 11) is 0. The van der Waals surface area contributed by atoms with Gasteiger partial charge in [-0.3, -0.25) is 4.79 Å². The monoisotopic (exact) mass is 292 g/mol. The van der Waals surface area contributed by atoms with Crippen LogP contribution in [0.3, 0.4) is 0 Å². The van der Waals surface area contributed by atoms with E-state index in [4.69, 9.17) is 11.6 Å². The molecule has 0 fully saturated rings. The van der Waals surface area contributed by atoms with Gasteiger partial charge >= 0.3 is 0 Å². The van der Waals surface area contributed by atoms with Crippen LogP contribution in [0.25, 0.3) is 22.2 Å². The molecule has 0 amide bonds. The Hall–Kier alpha value is -2.27. The third-order valence-corrected chi connectivity index (χ3v) is 3.20. The summed E-state index contributed by atoms with van der Waals surface area (Å²) in [6.45, 7) is 0. The van der Waals surface area contributed by atoms with Gasteiger partial charge in [-0.15, -0.1) is 0 Å². The highest BCUT2D eigenvalue weighted by atomic mass is 35.5. The molecule has 3 nitrogen and oxygen atoms in total. The molecule has 0 saturated carbocycles. The molecule has 1 heterocycles. The van der Waals surface area contributed by atoms with E-state index in [0.29, 0.717) is 16.6 Å². The first-order valence-corrected chi connectivity index (χ1v) is 6.06. The number of nitrogens with one attached hydrogen (secondary N) is 1. The van der Waals surface area contributed by atoms with Gasteiger partial charge < -0.3 is 4.98 Å². The first-order chi connectivity index (χ1) is 9.54. The molecule has 0 saturated heterocycles. The van der Waals surface area contributed by atoms with E-state index < -0.39 is 11.6 Å². The van der Waals surface area contributed by atoms with Crippen LogP contribution in [-0.4, -0.2) is 9.97 Å². The van der Waals surface area contributed by atoms with Crippen LogP contribution in [0.1, 0.15) is 0 Å². The van der Waals surface area contributed by atoms with Crippen LogP contribution in [-0.2, 0) is 0 Å². The van der Waals surface area contributed by atoms with Crippen LogP contribution in [0.15, 0.2) is 41.3 Å². The Morgan fingerprint density at radius 3 is 2.65 bits per heavy atom. The molecule has 0 radical (unpaired) electrons. The number of rotatable bonds is 1. The minimum Gasteiger partial charge on any atom is -0.319 e. The summed E-state index contributed by atoms with van der Waals surface area (Å²) >= 11 is 6.09. The largest absolute Gasteiger partial charge is 0.319 e. The zero-order valence-electron chi connectivity index (χ0n) is 9.95. The standard InChI is InChI=1S/C14H7ClF2N2O/c15-10-5-13-12(18-6-14(20)19-13)4-9(10)8-2-1-7(16)3-11(8)17/h1-6H,(H,19,20). The lowest BCUT2D eigenvalue weighted by Gasteiger charge is -2.07. The lowest BCUT2D eigenvalue weighted by atomic mass is 10.0. The average Bonchev–Trinajstić information content (AvgIpc) is 2.38. The van der Waals surface area contributed by atoms with E-state index in [1.807, 2.05) is 0 Å². The molecule has 2 aromatic carbocycles. The fourth-order valence-corrected chi connectivity index (χ4v) is 2.24. The second-order valence-electron chi connectivity index (χ2n) is 4.22. The molecule has 20 heavy (non-hydrogen) atoms. The zero-order chi connectivity index (χ0) is 14.3. The van der Waals surface area contributed by atoms with Crippen molar-refractivity contribution in [1.29, 1.82) is 0 Å². The summed E-state index contributed by atoms with van der Waals surface area (Å²) in [6.07, 6.45) is 1.13. The molecule has 0 aliphatic heterocycles. The highest BCUT2D eigenvalue weighted by Crippen LogP contribution is 2.32. The van der Waals surface area contributed by atoms with Crippen molar-refractivity contribution in [3.63, 3.8) is 0 Å². The Bertz CT molecular complexity index is 877. The highest BCUT2D eigenvalue weighted by Gasteiger charge is 2.12. The maximum absolute atomic E-state index is 13.8. The maximum atomic E-state index is 13.8. The van der Waals surface area contributed by atoms with E-state index >= 15 is 0 Å². The van der Waals surface area contributed by atoms with Crippen molar-refractivity contribution in [2.75, 3.05) is 0 Å². The number of benzene rings is 2. The van der Waals surface area contributed by atoms with E-state index in [2.05, 4.69) is 9.97 Å². The van der Waals surface area contributed by atoms with Gasteiger partial charge in [0.1, 0.15) is 11.6 Å². The molecule has 0 aliphatic rings. The molecule has 3 aromatic rings. The van der Waals surface area contributed by atoms with Crippen LogP contribution in [0.4, 0.5) is 8.78 Å². The number of aromatic nitrogens is 2. The lowest BCUT2D eigenvalue weighted by Crippen LogP contribution is -2.05. The summed E-state index contributed by atoms with van der Waals surface area (Å²) < 4.78 is 26.7. The summed E-state index contributed by atoms with van der Waals surface area (Å²) in [5, 5.41) is 0.242. The Morgan fingerprint density at radius 1 is 1.10 bits per heavy atom. The molecule has 3 rings (SSSR count). The topological polar surface area (TPSA) is 45.8 Å². The Kier molecular flexibility index (Phi) is 2.99. The van der Waals surface area contributed by atoms with E-state index in [-0.39, 0.29) is 16.1 Å². The number of H-pyrrole nitrogens is 1. The molecular weight excluding hydrogens is 286 g/mol. The Balaban J connectivity index is 2.28. The molecule has 0 atom stereocenters. The van der Waals surface area contributed by atoms with Crippen molar-refractivity contribution in [1.82, 2.24) is 9.97 Å². The second-order valence-corrected chi connectivity index (χ2v) is 4.63. The van der Waals surface area contributed by atoms with Gasteiger partial charge in [0.25, 0.3) is 5.56 Å². The highest BCUT2D eigenvalue weighted by molar-refractivity contribution is 6.34. The third-order valence-electron chi connectivity index (χ3n) is 2.89. The fraction of sp³-hybridized carbons (Fsp3) is 0. The van der Waals surface area contributed by atoms with E-state index in [1.54, 1.807) is 6.07 Å². The predicted molar refractivity (Wildman–Crippen MR) is 72.7 cm³/mol. The van der Waals surface area contributed by atoms with Crippen LogP contribution in [0, 0.1) is 11.6 Å². The number of nitrogens with zero attached hydrogens (tertiary/aromatic N) is 1. The Morgan fingerprint density at radius 2 is 1.90 bits per heavy atom. The van der Waals surface area contributed by atoms with Crippen molar-refractivity contribution in [3.05, 3.63) is 63.5 Å². The fourth-order valence-electron chi connectivity index (χ4n) is 1.98.